The van der Waals surface area contributed by atoms with Gasteiger partial charge in [-0.1, -0.05) is 60.3 Å². The molecule has 0 saturated carbocycles. The summed E-state index contributed by atoms with van der Waals surface area (Å²) in [4.78, 5) is 9.08. The van der Waals surface area contributed by atoms with Crippen LogP contribution < -0.4 is 0 Å². The summed E-state index contributed by atoms with van der Waals surface area (Å²) in [7, 11) is 0. The first kappa shape index (κ1) is 14.6. The molecule has 0 bridgehead atoms. The van der Waals surface area contributed by atoms with E-state index in [-0.39, 0.29) is 0 Å². The minimum absolute atomic E-state index is 0.519. The second kappa shape index (κ2) is 6.29. The van der Waals surface area contributed by atoms with Gasteiger partial charge in [0.05, 0.1) is 5.69 Å². The van der Waals surface area contributed by atoms with Gasteiger partial charge in [0.2, 0.25) is 11.0 Å². The van der Waals surface area contributed by atoms with Gasteiger partial charge in [-0.3, -0.25) is 5.10 Å². The van der Waals surface area contributed by atoms with Gasteiger partial charge >= 0.3 is 0 Å². The first-order valence-corrected chi connectivity index (χ1v) is 8.62. The van der Waals surface area contributed by atoms with Gasteiger partial charge in [0.25, 0.3) is 0 Å². The standard InChI is InChI=1S/C17H14N6S/c1-24-17-19-14(20-21-17)15-18-16(12-8-4-2-5-9-12)23(22-15)13-10-6-3-7-11-13/h2-11H,1H3,(H,19,20,21). The Morgan fingerprint density at radius 3 is 2.29 bits per heavy atom. The van der Waals surface area contributed by atoms with Crippen molar-refractivity contribution in [1.29, 1.82) is 0 Å². The lowest BCUT2D eigenvalue weighted by Crippen LogP contribution is -1.99. The second-order valence-corrected chi connectivity index (χ2v) is 5.82. The Bertz CT molecular complexity index is 889. The van der Waals surface area contributed by atoms with Crippen LogP contribution in [0.15, 0.2) is 65.8 Å². The summed E-state index contributed by atoms with van der Waals surface area (Å²) in [5.74, 6) is 1.84. The summed E-state index contributed by atoms with van der Waals surface area (Å²) < 4.78 is 1.83. The Balaban J connectivity index is 1.88. The molecule has 7 heteroatoms. The Kier molecular flexibility index (Phi) is 3.84. The van der Waals surface area contributed by atoms with E-state index in [2.05, 4.69) is 25.3 Å². The van der Waals surface area contributed by atoms with E-state index in [4.69, 9.17) is 0 Å². The third-order valence-corrected chi connectivity index (χ3v) is 4.05. The monoisotopic (exact) mass is 334 g/mol. The van der Waals surface area contributed by atoms with Crippen LogP contribution in [0, 0.1) is 0 Å². The number of aromatic amines is 1. The van der Waals surface area contributed by atoms with Crippen molar-refractivity contribution in [3.63, 3.8) is 0 Å². The maximum absolute atomic E-state index is 4.68. The number of nitrogens with one attached hydrogen (secondary N) is 1. The van der Waals surface area contributed by atoms with Gasteiger partial charge < -0.3 is 0 Å². The molecule has 0 aliphatic rings. The highest BCUT2D eigenvalue weighted by Crippen LogP contribution is 2.24. The van der Waals surface area contributed by atoms with Gasteiger partial charge in [0.15, 0.2) is 11.6 Å². The van der Waals surface area contributed by atoms with Crippen molar-refractivity contribution in [2.24, 2.45) is 0 Å². The number of nitrogens with zero attached hydrogens (tertiary/aromatic N) is 5. The van der Waals surface area contributed by atoms with E-state index in [9.17, 15) is 0 Å². The van der Waals surface area contributed by atoms with Crippen LogP contribution >= 0.6 is 11.8 Å². The fraction of sp³-hybridized carbons (Fsp3) is 0.0588. The molecule has 4 rings (SSSR count). The van der Waals surface area contributed by atoms with Gasteiger partial charge in [-0.25, -0.2) is 9.67 Å². The summed E-state index contributed by atoms with van der Waals surface area (Å²) in [6.07, 6.45) is 1.93. The van der Waals surface area contributed by atoms with E-state index in [0.29, 0.717) is 16.8 Å². The summed E-state index contributed by atoms with van der Waals surface area (Å²) in [5, 5.41) is 12.3. The van der Waals surface area contributed by atoms with E-state index in [0.717, 1.165) is 17.1 Å². The number of thioether (sulfide) groups is 1. The van der Waals surface area contributed by atoms with Gasteiger partial charge in [-0.2, -0.15) is 4.98 Å². The predicted molar refractivity (Wildman–Crippen MR) is 94.0 cm³/mol. The molecule has 0 unspecified atom stereocenters. The molecule has 0 saturated heterocycles. The molecule has 0 radical (unpaired) electrons. The number of aromatic nitrogens is 6. The summed E-state index contributed by atoms with van der Waals surface area (Å²) in [6, 6.07) is 19.9. The SMILES string of the molecule is CSc1n[nH]c(-c2nc(-c3ccccc3)n(-c3ccccc3)n2)n1. The third-order valence-electron chi connectivity index (χ3n) is 3.50. The lowest BCUT2D eigenvalue weighted by atomic mass is 10.2. The van der Waals surface area contributed by atoms with Crippen molar-refractivity contribution in [2.45, 2.75) is 5.16 Å². The van der Waals surface area contributed by atoms with E-state index in [1.54, 1.807) is 0 Å². The zero-order valence-corrected chi connectivity index (χ0v) is 13.7. The van der Waals surface area contributed by atoms with Crippen LogP contribution in [0.2, 0.25) is 0 Å². The van der Waals surface area contributed by atoms with Gasteiger partial charge in [-0.05, 0) is 18.4 Å². The average Bonchev–Trinajstić information content (AvgIpc) is 3.30. The summed E-state index contributed by atoms with van der Waals surface area (Å²) in [6.45, 7) is 0. The molecular formula is C17H14N6S. The van der Waals surface area contributed by atoms with E-state index < -0.39 is 0 Å². The second-order valence-electron chi connectivity index (χ2n) is 5.04. The smallest absolute Gasteiger partial charge is 0.219 e. The lowest BCUT2D eigenvalue weighted by Gasteiger charge is -2.05. The molecule has 1 N–H and O–H groups in total. The quantitative estimate of drug-likeness (QED) is 0.579. The van der Waals surface area contributed by atoms with Crippen LogP contribution in [-0.4, -0.2) is 36.2 Å². The molecule has 4 aromatic rings. The summed E-state index contributed by atoms with van der Waals surface area (Å²) in [5.41, 5.74) is 1.93. The molecule has 0 amide bonds. The number of hydrogen-bond acceptors (Lipinski definition) is 5. The Labute approximate surface area is 143 Å². The number of para-hydroxylation sites is 1. The fourth-order valence-electron chi connectivity index (χ4n) is 2.37. The van der Waals surface area contributed by atoms with Crippen LogP contribution in [0.3, 0.4) is 0 Å². The normalized spacial score (nSPS) is 10.9. The molecule has 118 valence electrons. The number of hydrogen-bond donors (Lipinski definition) is 1. The summed E-state index contributed by atoms with van der Waals surface area (Å²) >= 11 is 1.47. The molecule has 2 aromatic heterocycles. The number of rotatable bonds is 4. The zero-order valence-electron chi connectivity index (χ0n) is 12.9. The predicted octanol–water partition coefficient (Wildman–Crippen LogP) is 3.44. The van der Waals surface area contributed by atoms with E-state index in [1.165, 1.54) is 11.8 Å². The molecule has 2 heterocycles. The first-order chi connectivity index (χ1) is 11.8. The van der Waals surface area contributed by atoms with Crippen molar-refractivity contribution in [3.8, 4) is 28.7 Å². The molecular weight excluding hydrogens is 320 g/mol. The molecule has 6 nitrogen and oxygen atoms in total. The lowest BCUT2D eigenvalue weighted by molar-refractivity contribution is 0.886. The average molecular weight is 334 g/mol. The number of benzene rings is 2. The van der Waals surface area contributed by atoms with Crippen molar-refractivity contribution in [1.82, 2.24) is 29.9 Å². The van der Waals surface area contributed by atoms with Crippen molar-refractivity contribution in [3.05, 3.63) is 60.7 Å². The fourth-order valence-corrected chi connectivity index (χ4v) is 2.69. The molecule has 0 aliphatic heterocycles. The van der Waals surface area contributed by atoms with Crippen molar-refractivity contribution < 1.29 is 0 Å². The van der Waals surface area contributed by atoms with Crippen LogP contribution in [0.1, 0.15) is 0 Å². The zero-order chi connectivity index (χ0) is 16.4. The van der Waals surface area contributed by atoms with E-state index >= 15 is 0 Å². The topological polar surface area (TPSA) is 72.3 Å². The maximum Gasteiger partial charge on any atom is 0.219 e. The molecule has 0 aliphatic carbocycles. The minimum atomic E-state index is 0.519. The molecule has 2 aromatic carbocycles. The van der Waals surface area contributed by atoms with E-state index in [1.807, 2.05) is 71.6 Å². The molecule has 0 spiro atoms. The Hall–Kier alpha value is -2.93. The Morgan fingerprint density at radius 1 is 0.917 bits per heavy atom. The highest BCUT2D eigenvalue weighted by Gasteiger charge is 2.17. The van der Waals surface area contributed by atoms with Gasteiger partial charge in [0.1, 0.15) is 0 Å². The number of H-pyrrole nitrogens is 1. The third kappa shape index (κ3) is 2.69. The van der Waals surface area contributed by atoms with Crippen LogP contribution in [0.25, 0.3) is 28.7 Å². The minimum Gasteiger partial charge on any atom is -0.255 e. The van der Waals surface area contributed by atoms with Crippen LogP contribution in [0.5, 0.6) is 0 Å². The van der Waals surface area contributed by atoms with Crippen molar-refractivity contribution >= 4 is 11.8 Å². The molecule has 0 fully saturated rings. The van der Waals surface area contributed by atoms with Crippen LogP contribution in [0.4, 0.5) is 0 Å². The highest BCUT2D eigenvalue weighted by molar-refractivity contribution is 7.98. The molecule has 0 atom stereocenters. The molecule has 24 heavy (non-hydrogen) atoms. The first-order valence-electron chi connectivity index (χ1n) is 7.40. The van der Waals surface area contributed by atoms with Gasteiger partial charge in [0, 0.05) is 5.56 Å². The van der Waals surface area contributed by atoms with Crippen molar-refractivity contribution in [2.75, 3.05) is 6.26 Å². The van der Waals surface area contributed by atoms with Crippen LogP contribution in [-0.2, 0) is 0 Å². The Morgan fingerprint density at radius 2 is 1.62 bits per heavy atom. The van der Waals surface area contributed by atoms with Gasteiger partial charge in [-0.15, -0.1) is 10.2 Å². The maximum atomic E-state index is 4.68. The highest BCUT2D eigenvalue weighted by atomic mass is 32.2. The largest absolute Gasteiger partial charge is 0.255 e.